The fourth-order valence-corrected chi connectivity index (χ4v) is 4.98. The molecule has 0 bridgehead atoms. The van der Waals surface area contributed by atoms with Crippen molar-refractivity contribution in [3.05, 3.63) is 101 Å². The molecule has 0 atom stereocenters. The van der Waals surface area contributed by atoms with Crippen LogP contribution in [-0.2, 0) is 19.6 Å². The smallest absolute Gasteiger partial charge is 0.257 e. The monoisotopic (exact) mass is 488 g/mol. The summed E-state index contributed by atoms with van der Waals surface area (Å²) in [5.74, 6) is -2.06. The Morgan fingerprint density at radius 1 is 0.889 bits per heavy atom. The highest BCUT2D eigenvalue weighted by molar-refractivity contribution is 5.94. The average molecular weight is 489 g/mol. The largest absolute Gasteiger partial charge is 0.334 e. The van der Waals surface area contributed by atoms with E-state index in [4.69, 9.17) is 4.98 Å². The van der Waals surface area contributed by atoms with Gasteiger partial charge in [0, 0.05) is 20.1 Å². The van der Waals surface area contributed by atoms with Crippen molar-refractivity contribution in [1.29, 1.82) is 0 Å². The summed E-state index contributed by atoms with van der Waals surface area (Å²) in [6.07, 6.45) is 3.78. The van der Waals surface area contributed by atoms with E-state index in [1.165, 1.54) is 47.4 Å². The van der Waals surface area contributed by atoms with Crippen molar-refractivity contribution in [2.75, 3.05) is 20.1 Å². The molecule has 1 fully saturated rings. The standard InChI is InChI=1S/C29H30F2N4O/c1-33(29(36)23-12-9-13-24(30)28(23)31)20-27-32-25-14-5-6-15-26(25)35(27)19-22-11-4-3-10-21(22)18-34-16-7-2-8-17-34/h3-6,9-15H,2,7-8,16-20H2,1H3. The van der Waals surface area contributed by atoms with Gasteiger partial charge in [0.15, 0.2) is 11.6 Å². The lowest BCUT2D eigenvalue weighted by atomic mass is 10.0. The third-order valence-electron chi connectivity index (χ3n) is 6.93. The molecule has 0 N–H and O–H groups in total. The lowest BCUT2D eigenvalue weighted by molar-refractivity contribution is 0.0774. The topological polar surface area (TPSA) is 41.4 Å². The molecule has 2 heterocycles. The van der Waals surface area contributed by atoms with Gasteiger partial charge in [0.2, 0.25) is 0 Å². The summed E-state index contributed by atoms with van der Waals surface area (Å²) in [6, 6.07) is 20.0. The molecule has 1 saturated heterocycles. The number of amides is 1. The first kappa shape index (κ1) is 24.1. The molecule has 1 aliphatic rings. The van der Waals surface area contributed by atoms with E-state index in [-0.39, 0.29) is 12.1 Å². The molecule has 36 heavy (non-hydrogen) atoms. The van der Waals surface area contributed by atoms with Crippen LogP contribution < -0.4 is 0 Å². The lowest BCUT2D eigenvalue weighted by Gasteiger charge is -2.27. The first-order chi connectivity index (χ1) is 17.5. The SMILES string of the molecule is CN(Cc1nc2ccccc2n1Cc1ccccc1CN1CCCCC1)C(=O)c1cccc(F)c1F. The number of carbonyl (C=O) groups is 1. The van der Waals surface area contributed by atoms with Crippen LogP contribution in [0.5, 0.6) is 0 Å². The van der Waals surface area contributed by atoms with E-state index in [9.17, 15) is 13.6 Å². The molecule has 0 saturated carbocycles. The highest BCUT2D eigenvalue weighted by atomic mass is 19.2. The van der Waals surface area contributed by atoms with Gasteiger partial charge in [0.25, 0.3) is 5.91 Å². The van der Waals surface area contributed by atoms with Gasteiger partial charge in [-0.2, -0.15) is 0 Å². The number of fused-ring (bicyclic) bond motifs is 1. The van der Waals surface area contributed by atoms with Gasteiger partial charge in [-0.25, -0.2) is 13.8 Å². The number of imidazole rings is 1. The Bertz CT molecular complexity index is 1380. The summed E-state index contributed by atoms with van der Waals surface area (Å²) in [7, 11) is 1.58. The normalized spacial score (nSPS) is 14.3. The average Bonchev–Trinajstić information content (AvgIpc) is 3.23. The maximum absolute atomic E-state index is 14.3. The van der Waals surface area contributed by atoms with Gasteiger partial charge in [0.05, 0.1) is 23.1 Å². The number of para-hydroxylation sites is 2. The zero-order chi connectivity index (χ0) is 25.1. The first-order valence-electron chi connectivity index (χ1n) is 12.4. The van der Waals surface area contributed by atoms with Crippen molar-refractivity contribution in [3.63, 3.8) is 0 Å². The van der Waals surface area contributed by atoms with Crippen LogP contribution in [0, 0.1) is 11.6 Å². The Kier molecular flexibility index (Phi) is 7.09. The van der Waals surface area contributed by atoms with Gasteiger partial charge >= 0.3 is 0 Å². The van der Waals surface area contributed by atoms with Crippen LogP contribution >= 0.6 is 0 Å². The zero-order valence-corrected chi connectivity index (χ0v) is 20.5. The van der Waals surface area contributed by atoms with Gasteiger partial charge in [0.1, 0.15) is 5.82 Å². The number of halogens is 2. The third kappa shape index (κ3) is 5.02. The molecular weight excluding hydrogens is 458 g/mol. The molecule has 5 rings (SSSR count). The number of likely N-dealkylation sites (tertiary alicyclic amines) is 1. The zero-order valence-electron chi connectivity index (χ0n) is 20.5. The van der Waals surface area contributed by atoms with Gasteiger partial charge in [-0.1, -0.05) is 48.9 Å². The Balaban J connectivity index is 1.44. The van der Waals surface area contributed by atoms with Crippen LogP contribution in [0.2, 0.25) is 0 Å². The van der Waals surface area contributed by atoms with E-state index in [1.807, 2.05) is 24.3 Å². The third-order valence-corrected chi connectivity index (χ3v) is 6.93. The van der Waals surface area contributed by atoms with Gasteiger partial charge in [-0.05, 0) is 61.3 Å². The van der Waals surface area contributed by atoms with E-state index >= 15 is 0 Å². The molecule has 1 aromatic heterocycles. The molecule has 1 amide bonds. The fraction of sp³-hybridized carbons (Fsp3) is 0.310. The van der Waals surface area contributed by atoms with Crippen molar-refractivity contribution in [2.24, 2.45) is 0 Å². The van der Waals surface area contributed by atoms with Crippen molar-refractivity contribution >= 4 is 16.9 Å². The second-order valence-corrected chi connectivity index (χ2v) is 9.47. The number of nitrogens with zero attached hydrogens (tertiary/aromatic N) is 4. The van der Waals surface area contributed by atoms with Crippen LogP contribution in [0.1, 0.15) is 46.6 Å². The lowest BCUT2D eigenvalue weighted by Crippen LogP contribution is -2.30. The van der Waals surface area contributed by atoms with Gasteiger partial charge in [-0.3, -0.25) is 9.69 Å². The number of hydrogen-bond acceptors (Lipinski definition) is 3. The van der Waals surface area contributed by atoms with Crippen LogP contribution in [0.25, 0.3) is 11.0 Å². The maximum Gasteiger partial charge on any atom is 0.257 e. The fourth-order valence-electron chi connectivity index (χ4n) is 4.98. The molecule has 186 valence electrons. The summed E-state index contributed by atoms with van der Waals surface area (Å²) >= 11 is 0. The molecular formula is C29H30F2N4O. The second kappa shape index (κ2) is 10.6. The van der Waals surface area contributed by atoms with Crippen molar-refractivity contribution in [2.45, 2.75) is 38.9 Å². The molecule has 5 nitrogen and oxygen atoms in total. The van der Waals surface area contributed by atoms with E-state index in [1.54, 1.807) is 7.05 Å². The molecule has 0 aliphatic carbocycles. The number of carbonyl (C=O) groups excluding carboxylic acids is 1. The minimum absolute atomic E-state index is 0.164. The van der Waals surface area contributed by atoms with Crippen molar-refractivity contribution < 1.29 is 13.6 Å². The predicted molar refractivity (Wildman–Crippen MR) is 137 cm³/mol. The summed E-state index contributed by atoms with van der Waals surface area (Å²) in [4.78, 5) is 21.7. The maximum atomic E-state index is 14.3. The molecule has 0 unspecified atom stereocenters. The number of hydrogen-bond donors (Lipinski definition) is 0. The first-order valence-corrected chi connectivity index (χ1v) is 12.4. The predicted octanol–water partition coefficient (Wildman–Crippen LogP) is 5.62. The minimum atomic E-state index is -1.13. The quantitative estimate of drug-likeness (QED) is 0.339. The van der Waals surface area contributed by atoms with Crippen LogP contribution in [0.4, 0.5) is 8.78 Å². The Morgan fingerprint density at radius 2 is 1.58 bits per heavy atom. The molecule has 7 heteroatoms. The van der Waals surface area contributed by atoms with Gasteiger partial charge in [-0.15, -0.1) is 0 Å². The van der Waals surface area contributed by atoms with Crippen LogP contribution in [-0.4, -0.2) is 45.4 Å². The van der Waals surface area contributed by atoms with Gasteiger partial charge < -0.3 is 9.47 Å². The van der Waals surface area contributed by atoms with E-state index < -0.39 is 17.5 Å². The number of piperidine rings is 1. The Hall–Kier alpha value is -3.58. The molecule has 0 radical (unpaired) electrons. The molecule has 4 aromatic rings. The highest BCUT2D eigenvalue weighted by Crippen LogP contribution is 2.23. The van der Waals surface area contributed by atoms with Crippen molar-refractivity contribution in [3.8, 4) is 0 Å². The van der Waals surface area contributed by atoms with Crippen molar-refractivity contribution in [1.82, 2.24) is 19.4 Å². The summed E-state index contributed by atoms with van der Waals surface area (Å²) in [6.45, 7) is 3.93. The van der Waals surface area contributed by atoms with Crippen LogP contribution in [0.3, 0.4) is 0 Å². The Morgan fingerprint density at radius 3 is 2.36 bits per heavy atom. The Labute approximate surface area is 210 Å². The summed E-state index contributed by atoms with van der Waals surface area (Å²) in [5, 5.41) is 0. The number of rotatable bonds is 7. The number of aromatic nitrogens is 2. The van der Waals surface area contributed by atoms with E-state index in [2.05, 4.69) is 33.7 Å². The van der Waals surface area contributed by atoms with E-state index in [0.29, 0.717) is 12.4 Å². The number of benzene rings is 3. The molecule has 1 aliphatic heterocycles. The molecule has 3 aromatic carbocycles. The van der Waals surface area contributed by atoms with E-state index in [0.717, 1.165) is 36.7 Å². The minimum Gasteiger partial charge on any atom is -0.334 e. The summed E-state index contributed by atoms with van der Waals surface area (Å²) in [5.41, 5.74) is 4.01. The summed E-state index contributed by atoms with van der Waals surface area (Å²) < 4.78 is 30.1. The second-order valence-electron chi connectivity index (χ2n) is 9.47. The highest BCUT2D eigenvalue weighted by Gasteiger charge is 2.22. The van der Waals surface area contributed by atoms with Crippen LogP contribution in [0.15, 0.2) is 66.7 Å². The molecule has 0 spiro atoms.